The summed E-state index contributed by atoms with van der Waals surface area (Å²) in [5, 5.41) is 0. The Morgan fingerprint density at radius 3 is 2.83 bits per heavy atom. The largest absolute Gasteiger partial charge is 0.337 e. The molecule has 4 nitrogen and oxygen atoms in total. The van der Waals surface area contributed by atoms with E-state index in [-0.39, 0.29) is 0 Å². The molecule has 0 radical (unpaired) electrons. The van der Waals surface area contributed by atoms with Gasteiger partial charge in [0.05, 0.1) is 12.0 Å². The quantitative estimate of drug-likeness (QED) is 0.866. The third-order valence-electron chi connectivity index (χ3n) is 5.50. The lowest BCUT2D eigenvalue weighted by atomic mass is 9.99. The lowest BCUT2D eigenvalue weighted by Crippen LogP contribution is -2.56. The summed E-state index contributed by atoms with van der Waals surface area (Å²) in [4.78, 5) is 9.70. The van der Waals surface area contributed by atoms with Crippen LogP contribution in [0.2, 0.25) is 0 Å². The summed E-state index contributed by atoms with van der Waals surface area (Å²) < 4.78 is 2.15. The number of piperazine rings is 1. The van der Waals surface area contributed by atoms with Crippen molar-refractivity contribution in [1.29, 1.82) is 0 Å². The Labute approximate surface area is 138 Å². The fourth-order valence-electron chi connectivity index (χ4n) is 4.17. The number of fused-ring (bicyclic) bond motifs is 1. The van der Waals surface area contributed by atoms with E-state index in [0.717, 1.165) is 19.0 Å². The molecule has 0 bridgehead atoms. The van der Waals surface area contributed by atoms with Crippen LogP contribution in [0.3, 0.4) is 0 Å². The molecule has 2 atom stereocenters. The van der Waals surface area contributed by atoms with Gasteiger partial charge in [-0.05, 0) is 31.4 Å². The van der Waals surface area contributed by atoms with E-state index < -0.39 is 0 Å². The van der Waals surface area contributed by atoms with Crippen LogP contribution in [0, 0.1) is 0 Å². The van der Waals surface area contributed by atoms with E-state index in [0.29, 0.717) is 6.04 Å². The van der Waals surface area contributed by atoms with Crippen LogP contribution in [0.25, 0.3) is 0 Å². The van der Waals surface area contributed by atoms with Gasteiger partial charge in [-0.25, -0.2) is 4.98 Å². The topological polar surface area (TPSA) is 24.3 Å². The van der Waals surface area contributed by atoms with Gasteiger partial charge in [-0.1, -0.05) is 30.3 Å². The third kappa shape index (κ3) is 3.19. The van der Waals surface area contributed by atoms with Crippen LogP contribution in [-0.2, 0) is 20.0 Å². The second-order valence-corrected chi connectivity index (χ2v) is 7.06. The molecule has 3 heterocycles. The maximum absolute atomic E-state index is 4.29. The van der Waals surface area contributed by atoms with Crippen LogP contribution in [-0.4, -0.2) is 51.1 Å². The predicted octanol–water partition coefficient (Wildman–Crippen LogP) is 2.31. The summed E-state index contributed by atoms with van der Waals surface area (Å²) in [5.41, 5.74) is 2.76. The Hall–Kier alpha value is -1.65. The molecule has 122 valence electrons. The minimum Gasteiger partial charge on any atom is -0.337 e. The molecule has 0 amide bonds. The number of hydrogen-bond donors (Lipinski definition) is 0. The summed E-state index contributed by atoms with van der Waals surface area (Å²) in [5.74, 6) is 0. The number of nitrogens with zero attached hydrogens (tertiary/aromatic N) is 4. The van der Waals surface area contributed by atoms with Gasteiger partial charge in [-0.3, -0.25) is 9.80 Å². The van der Waals surface area contributed by atoms with Gasteiger partial charge in [0.1, 0.15) is 0 Å². The highest BCUT2D eigenvalue weighted by molar-refractivity contribution is 5.17. The van der Waals surface area contributed by atoms with Crippen molar-refractivity contribution in [2.45, 2.75) is 37.9 Å². The van der Waals surface area contributed by atoms with Crippen molar-refractivity contribution in [1.82, 2.24) is 19.4 Å². The highest BCUT2D eigenvalue weighted by Gasteiger charge is 2.36. The zero-order valence-corrected chi connectivity index (χ0v) is 13.9. The van der Waals surface area contributed by atoms with Gasteiger partial charge in [0.25, 0.3) is 0 Å². The molecule has 0 unspecified atom stereocenters. The molecule has 1 aromatic carbocycles. The minimum absolute atomic E-state index is 0.599. The summed E-state index contributed by atoms with van der Waals surface area (Å²) in [7, 11) is 2.10. The Balaban J connectivity index is 1.53. The van der Waals surface area contributed by atoms with Crippen LogP contribution < -0.4 is 0 Å². The molecular weight excluding hydrogens is 284 g/mol. The third-order valence-corrected chi connectivity index (χ3v) is 5.50. The van der Waals surface area contributed by atoms with E-state index in [1.165, 1.54) is 43.7 Å². The second-order valence-electron chi connectivity index (χ2n) is 7.06. The van der Waals surface area contributed by atoms with Gasteiger partial charge in [0, 0.05) is 45.0 Å². The van der Waals surface area contributed by atoms with Crippen molar-refractivity contribution >= 4 is 0 Å². The first-order valence-corrected chi connectivity index (χ1v) is 8.77. The molecule has 23 heavy (non-hydrogen) atoms. The number of aromatic nitrogens is 2. The molecule has 2 saturated heterocycles. The normalized spacial score (nSPS) is 25.6. The molecule has 4 rings (SSSR count). The predicted molar refractivity (Wildman–Crippen MR) is 92.1 cm³/mol. The highest BCUT2D eigenvalue weighted by atomic mass is 15.3. The molecule has 2 fully saturated rings. The average Bonchev–Trinajstić information content (AvgIpc) is 3.18. The first kappa shape index (κ1) is 14.9. The van der Waals surface area contributed by atoms with Gasteiger partial charge in [-0.2, -0.15) is 0 Å². The molecule has 0 aliphatic carbocycles. The molecular formula is C19H26N4. The minimum atomic E-state index is 0.599. The van der Waals surface area contributed by atoms with Crippen molar-refractivity contribution in [2.75, 3.05) is 19.6 Å². The molecule has 0 N–H and O–H groups in total. The number of aryl methyl sites for hydroxylation is 1. The smallest absolute Gasteiger partial charge is 0.0945 e. The van der Waals surface area contributed by atoms with Crippen molar-refractivity contribution in [3.63, 3.8) is 0 Å². The number of benzene rings is 1. The van der Waals surface area contributed by atoms with Crippen molar-refractivity contribution < 1.29 is 0 Å². The molecule has 2 aromatic rings. The standard InChI is InChI=1S/C19H26N4/c1-21-15-20-11-19(21)14-23-12-17-8-5-9-22(17)13-18(23)10-16-6-3-2-4-7-16/h2-4,6-7,11,15,17-18H,5,8-10,12-14H2,1H3/t17-,18-/m0/s1. The monoisotopic (exact) mass is 310 g/mol. The maximum atomic E-state index is 4.29. The number of hydrogen-bond acceptors (Lipinski definition) is 3. The average molecular weight is 310 g/mol. The fraction of sp³-hybridized carbons (Fsp3) is 0.526. The van der Waals surface area contributed by atoms with Crippen molar-refractivity contribution in [3.8, 4) is 0 Å². The van der Waals surface area contributed by atoms with Crippen LogP contribution in [0.1, 0.15) is 24.1 Å². The maximum Gasteiger partial charge on any atom is 0.0945 e. The summed E-state index contributed by atoms with van der Waals surface area (Å²) in [6.45, 7) is 4.70. The Morgan fingerprint density at radius 1 is 1.17 bits per heavy atom. The van der Waals surface area contributed by atoms with E-state index in [1.807, 2.05) is 12.5 Å². The molecule has 4 heteroatoms. The molecule has 0 spiro atoms. The molecule has 0 saturated carbocycles. The first-order valence-electron chi connectivity index (χ1n) is 8.77. The van der Waals surface area contributed by atoms with Crippen LogP contribution in [0.5, 0.6) is 0 Å². The van der Waals surface area contributed by atoms with Crippen LogP contribution in [0.15, 0.2) is 42.9 Å². The Morgan fingerprint density at radius 2 is 2.04 bits per heavy atom. The zero-order valence-electron chi connectivity index (χ0n) is 13.9. The second kappa shape index (κ2) is 6.46. The van der Waals surface area contributed by atoms with Crippen molar-refractivity contribution in [2.24, 2.45) is 7.05 Å². The summed E-state index contributed by atoms with van der Waals surface area (Å²) in [6, 6.07) is 12.3. The molecule has 2 aliphatic heterocycles. The van der Waals surface area contributed by atoms with Gasteiger partial charge in [0.15, 0.2) is 0 Å². The Bertz CT molecular complexity index is 636. The van der Waals surface area contributed by atoms with Gasteiger partial charge < -0.3 is 4.57 Å². The van der Waals surface area contributed by atoms with E-state index >= 15 is 0 Å². The van der Waals surface area contributed by atoms with Gasteiger partial charge in [0.2, 0.25) is 0 Å². The fourth-order valence-corrected chi connectivity index (χ4v) is 4.17. The highest BCUT2D eigenvalue weighted by Crippen LogP contribution is 2.27. The summed E-state index contributed by atoms with van der Waals surface area (Å²) in [6.07, 6.45) is 7.79. The lowest BCUT2D eigenvalue weighted by Gasteiger charge is -2.44. The van der Waals surface area contributed by atoms with E-state index in [9.17, 15) is 0 Å². The van der Waals surface area contributed by atoms with Crippen molar-refractivity contribution in [3.05, 3.63) is 54.1 Å². The Kier molecular flexibility index (Phi) is 4.19. The van der Waals surface area contributed by atoms with Gasteiger partial charge in [-0.15, -0.1) is 0 Å². The SMILES string of the molecule is Cn1cncc1CN1C[C@@H]2CCCN2C[C@@H]1Cc1ccccc1. The van der Waals surface area contributed by atoms with E-state index in [4.69, 9.17) is 0 Å². The first-order chi connectivity index (χ1) is 11.3. The number of imidazole rings is 1. The zero-order chi connectivity index (χ0) is 15.6. The van der Waals surface area contributed by atoms with Crippen LogP contribution in [0.4, 0.5) is 0 Å². The lowest BCUT2D eigenvalue weighted by molar-refractivity contribution is 0.0442. The van der Waals surface area contributed by atoms with E-state index in [2.05, 4.69) is 56.7 Å². The molecule has 2 aliphatic rings. The van der Waals surface area contributed by atoms with Crippen LogP contribution >= 0.6 is 0 Å². The number of rotatable bonds is 4. The summed E-state index contributed by atoms with van der Waals surface area (Å²) >= 11 is 0. The van der Waals surface area contributed by atoms with E-state index in [1.54, 1.807) is 0 Å². The molecule has 1 aromatic heterocycles. The van der Waals surface area contributed by atoms with Gasteiger partial charge >= 0.3 is 0 Å².